The van der Waals surface area contributed by atoms with Crippen molar-refractivity contribution in [3.63, 3.8) is 0 Å². The molecule has 6 nitrogen and oxygen atoms in total. The largest absolute Gasteiger partial charge is 0.377 e. The standard InChI is InChI=1S/C17H16ClN3O3/c1-10-2-4-13(9-14(10)18)20-17(22)11-3-7-15(19-12-5-6-12)16(8-11)21(23)24/h2-4,7-9,12,19H,5-6H2,1H3,(H,20,22). The van der Waals surface area contributed by atoms with E-state index in [9.17, 15) is 14.9 Å². The number of aryl methyl sites for hydroxylation is 1. The fourth-order valence-electron chi connectivity index (χ4n) is 2.27. The van der Waals surface area contributed by atoms with Crippen LogP contribution >= 0.6 is 11.6 Å². The van der Waals surface area contributed by atoms with E-state index in [0.29, 0.717) is 16.4 Å². The highest BCUT2D eigenvalue weighted by atomic mass is 35.5. The number of carbonyl (C=O) groups is 1. The second-order valence-corrected chi connectivity index (χ2v) is 6.23. The zero-order valence-corrected chi connectivity index (χ0v) is 13.8. The lowest BCUT2D eigenvalue weighted by atomic mass is 10.1. The zero-order chi connectivity index (χ0) is 17.3. The molecule has 0 radical (unpaired) electrons. The van der Waals surface area contributed by atoms with Gasteiger partial charge in [0, 0.05) is 28.4 Å². The lowest BCUT2D eigenvalue weighted by Gasteiger charge is -2.09. The minimum atomic E-state index is -0.482. The Morgan fingerprint density at radius 1 is 1.25 bits per heavy atom. The van der Waals surface area contributed by atoms with Crippen molar-refractivity contribution in [1.29, 1.82) is 0 Å². The first-order valence-electron chi connectivity index (χ1n) is 7.56. The Hall–Kier alpha value is -2.60. The van der Waals surface area contributed by atoms with Crippen LogP contribution in [0.4, 0.5) is 17.1 Å². The molecule has 124 valence electrons. The van der Waals surface area contributed by atoms with Crippen molar-refractivity contribution in [2.75, 3.05) is 10.6 Å². The number of benzene rings is 2. The van der Waals surface area contributed by atoms with E-state index in [4.69, 9.17) is 11.6 Å². The van der Waals surface area contributed by atoms with Gasteiger partial charge in [0.15, 0.2) is 0 Å². The second-order valence-electron chi connectivity index (χ2n) is 5.83. The average Bonchev–Trinajstić information content (AvgIpc) is 3.35. The van der Waals surface area contributed by atoms with Gasteiger partial charge in [-0.05, 0) is 49.6 Å². The summed E-state index contributed by atoms with van der Waals surface area (Å²) in [5, 5.41) is 17.6. The van der Waals surface area contributed by atoms with Crippen LogP contribution in [-0.2, 0) is 0 Å². The van der Waals surface area contributed by atoms with Crippen LogP contribution in [0.25, 0.3) is 0 Å². The number of anilines is 2. The first kappa shape index (κ1) is 16.3. The first-order valence-corrected chi connectivity index (χ1v) is 7.94. The predicted octanol–water partition coefficient (Wildman–Crippen LogP) is 4.38. The average molecular weight is 346 g/mol. The molecule has 1 aliphatic carbocycles. The summed E-state index contributed by atoms with van der Waals surface area (Å²) in [6.07, 6.45) is 2.02. The summed E-state index contributed by atoms with van der Waals surface area (Å²) in [5.74, 6) is -0.420. The minimum absolute atomic E-state index is 0.100. The molecular formula is C17H16ClN3O3. The molecule has 0 bridgehead atoms. The topological polar surface area (TPSA) is 84.3 Å². The molecule has 3 rings (SSSR count). The monoisotopic (exact) mass is 345 g/mol. The van der Waals surface area contributed by atoms with Crippen LogP contribution in [0.5, 0.6) is 0 Å². The fourth-order valence-corrected chi connectivity index (χ4v) is 2.45. The fraction of sp³-hybridized carbons (Fsp3) is 0.235. The normalized spacial score (nSPS) is 13.4. The minimum Gasteiger partial charge on any atom is -0.377 e. The molecular weight excluding hydrogens is 330 g/mol. The molecule has 2 aromatic carbocycles. The lowest BCUT2D eigenvalue weighted by molar-refractivity contribution is -0.384. The zero-order valence-electron chi connectivity index (χ0n) is 13.0. The Bertz CT molecular complexity index is 819. The number of hydrogen-bond donors (Lipinski definition) is 2. The van der Waals surface area contributed by atoms with Crippen molar-refractivity contribution in [1.82, 2.24) is 0 Å². The third kappa shape index (κ3) is 3.65. The van der Waals surface area contributed by atoms with Gasteiger partial charge in [-0.15, -0.1) is 0 Å². The molecule has 7 heteroatoms. The molecule has 0 aliphatic heterocycles. The molecule has 2 aromatic rings. The molecule has 1 saturated carbocycles. The van der Waals surface area contributed by atoms with Gasteiger partial charge >= 0.3 is 0 Å². The van der Waals surface area contributed by atoms with E-state index in [1.54, 1.807) is 30.3 Å². The van der Waals surface area contributed by atoms with Gasteiger partial charge in [-0.3, -0.25) is 14.9 Å². The smallest absolute Gasteiger partial charge is 0.293 e. The van der Waals surface area contributed by atoms with Gasteiger partial charge in [0.2, 0.25) is 0 Å². The summed E-state index contributed by atoms with van der Waals surface area (Å²) in [6.45, 7) is 1.86. The van der Waals surface area contributed by atoms with Crippen LogP contribution in [0, 0.1) is 17.0 Å². The van der Waals surface area contributed by atoms with Crippen LogP contribution in [0.3, 0.4) is 0 Å². The van der Waals surface area contributed by atoms with Crippen LogP contribution in [-0.4, -0.2) is 16.9 Å². The first-order chi connectivity index (χ1) is 11.4. The highest BCUT2D eigenvalue weighted by Gasteiger charge is 2.25. The Morgan fingerprint density at radius 3 is 2.62 bits per heavy atom. The second kappa shape index (κ2) is 6.49. The van der Waals surface area contributed by atoms with E-state index in [1.807, 2.05) is 6.92 Å². The molecule has 0 atom stereocenters. The molecule has 1 amide bonds. The van der Waals surface area contributed by atoms with Gasteiger partial charge in [-0.1, -0.05) is 17.7 Å². The van der Waals surface area contributed by atoms with Crippen LogP contribution in [0.1, 0.15) is 28.8 Å². The van der Waals surface area contributed by atoms with Gasteiger partial charge in [-0.2, -0.15) is 0 Å². The van der Waals surface area contributed by atoms with Gasteiger partial charge in [0.1, 0.15) is 5.69 Å². The molecule has 0 saturated heterocycles. The molecule has 0 unspecified atom stereocenters. The van der Waals surface area contributed by atoms with Crippen LogP contribution < -0.4 is 10.6 Å². The summed E-state index contributed by atoms with van der Waals surface area (Å²) >= 11 is 6.04. The van der Waals surface area contributed by atoms with Crippen molar-refractivity contribution >= 4 is 34.6 Å². The summed E-state index contributed by atoms with van der Waals surface area (Å²) in [4.78, 5) is 23.1. The van der Waals surface area contributed by atoms with Crippen LogP contribution in [0.15, 0.2) is 36.4 Å². The third-order valence-electron chi connectivity index (χ3n) is 3.82. The van der Waals surface area contributed by atoms with Crippen molar-refractivity contribution in [3.8, 4) is 0 Å². The SMILES string of the molecule is Cc1ccc(NC(=O)c2ccc(NC3CC3)c([N+](=O)[O-])c2)cc1Cl. The van der Waals surface area contributed by atoms with Crippen molar-refractivity contribution in [3.05, 3.63) is 62.7 Å². The number of nitro benzene ring substituents is 1. The van der Waals surface area contributed by atoms with Gasteiger partial charge in [0.05, 0.1) is 4.92 Å². The predicted molar refractivity (Wildman–Crippen MR) is 93.9 cm³/mol. The Balaban J connectivity index is 1.82. The summed E-state index contributed by atoms with van der Waals surface area (Å²) in [7, 11) is 0. The number of rotatable bonds is 5. The summed E-state index contributed by atoms with van der Waals surface area (Å²) in [5.41, 5.74) is 2.01. The van der Waals surface area contributed by atoms with Gasteiger partial charge in [0.25, 0.3) is 11.6 Å². The number of amides is 1. The number of carbonyl (C=O) groups excluding carboxylic acids is 1. The maximum absolute atomic E-state index is 12.3. The molecule has 0 heterocycles. The molecule has 1 fully saturated rings. The third-order valence-corrected chi connectivity index (χ3v) is 4.23. The quantitative estimate of drug-likeness (QED) is 0.622. The maximum Gasteiger partial charge on any atom is 0.293 e. The highest BCUT2D eigenvalue weighted by Crippen LogP contribution is 2.31. The van der Waals surface area contributed by atoms with Crippen molar-refractivity contribution in [2.24, 2.45) is 0 Å². The van der Waals surface area contributed by atoms with E-state index in [1.165, 1.54) is 6.07 Å². The van der Waals surface area contributed by atoms with E-state index in [2.05, 4.69) is 10.6 Å². The number of nitro groups is 1. The van der Waals surface area contributed by atoms with E-state index in [0.717, 1.165) is 18.4 Å². The summed E-state index contributed by atoms with van der Waals surface area (Å²) in [6, 6.07) is 9.90. The van der Waals surface area contributed by atoms with E-state index in [-0.39, 0.29) is 17.3 Å². The van der Waals surface area contributed by atoms with Crippen molar-refractivity contribution < 1.29 is 9.72 Å². The van der Waals surface area contributed by atoms with Crippen molar-refractivity contribution in [2.45, 2.75) is 25.8 Å². The van der Waals surface area contributed by atoms with Gasteiger partial charge < -0.3 is 10.6 Å². The molecule has 0 spiro atoms. The Labute approximate surface area is 144 Å². The molecule has 2 N–H and O–H groups in total. The lowest BCUT2D eigenvalue weighted by Crippen LogP contribution is -2.13. The number of halogens is 1. The Kier molecular flexibility index (Phi) is 4.40. The van der Waals surface area contributed by atoms with Gasteiger partial charge in [-0.25, -0.2) is 0 Å². The molecule has 24 heavy (non-hydrogen) atoms. The number of nitrogens with one attached hydrogen (secondary N) is 2. The van der Waals surface area contributed by atoms with E-state index >= 15 is 0 Å². The number of hydrogen-bond acceptors (Lipinski definition) is 4. The van der Waals surface area contributed by atoms with Crippen LogP contribution in [0.2, 0.25) is 5.02 Å². The summed E-state index contributed by atoms with van der Waals surface area (Å²) < 4.78 is 0. The molecule has 0 aromatic heterocycles. The maximum atomic E-state index is 12.3. The Morgan fingerprint density at radius 2 is 2.00 bits per heavy atom. The number of nitrogens with zero attached hydrogens (tertiary/aromatic N) is 1. The van der Waals surface area contributed by atoms with E-state index < -0.39 is 10.8 Å². The molecule has 1 aliphatic rings. The highest BCUT2D eigenvalue weighted by molar-refractivity contribution is 6.31.